The average molecular weight is 258 g/mol. The van der Waals surface area contributed by atoms with Gasteiger partial charge in [0.05, 0.1) is 6.61 Å². The molecule has 0 aliphatic rings. The highest BCUT2D eigenvalue weighted by atomic mass is 28.4. The van der Waals surface area contributed by atoms with Gasteiger partial charge in [-0.25, -0.2) is 0 Å². The topological polar surface area (TPSA) is 18.5 Å². The zero-order chi connectivity index (χ0) is 13.3. The summed E-state index contributed by atoms with van der Waals surface area (Å²) >= 11 is 0. The minimum Gasteiger partial charge on any atom is -0.519 e. The van der Waals surface area contributed by atoms with E-state index in [2.05, 4.69) is 41.5 Å². The number of hydrogen-bond acceptors (Lipinski definition) is 2. The van der Waals surface area contributed by atoms with Crippen molar-refractivity contribution in [3.8, 4) is 0 Å². The predicted octanol–water partition coefficient (Wildman–Crippen LogP) is 5.08. The molecule has 0 rings (SSSR count). The second-order valence-electron chi connectivity index (χ2n) is 4.84. The molecule has 102 valence electrons. The Bertz CT molecular complexity index is 220. The molecular formula is C14H30O2Si. The fraction of sp³-hybridized carbons (Fsp3) is 0.857. The van der Waals surface area contributed by atoms with Crippen LogP contribution in [0.3, 0.4) is 0 Å². The minimum atomic E-state index is -1.59. The summed E-state index contributed by atoms with van der Waals surface area (Å²) in [7, 11) is -1.59. The second kappa shape index (κ2) is 8.62. The summed E-state index contributed by atoms with van der Waals surface area (Å²) in [5.74, 6) is 0.802. The maximum atomic E-state index is 6.29. The van der Waals surface area contributed by atoms with Crippen molar-refractivity contribution >= 4 is 8.32 Å². The van der Waals surface area contributed by atoms with Crippen LogP contribution in [0.1, 0.15) is 54.4 Å². The van der Waals surface area contributed by atoms with Crippen LogP contribution >= 0.6 is 0 Å². The molecule has 2 nitrogen and oxygen atoms in total. The minimum absolute atomic E-state index is 0.776. The molecule has 0 radical (unpaired) electrons. The molecule has 0 unspecified atom stereocenters. The van der Waals surface area contributed by atoms with E-state index < -0.39 is 8.32 Å². The lowest BCUT2D eigenvalue weighted by molar-refractivity contribution is 0.0940. The van der Waals surface area contributed by atoms with Gasteiger partial charge in [0, 0.05) is 5.57 Å². The molecule has 0 saturated heterocycles. The van der Waals surface area contributed by atoms with Crippen molar-refractivity contribution in [2.45, 2.75) is 72.5 Å². The van der Waals surface area contributed by atoms with Gasteiger partial charge < -0.3 is 9.16 Å². The molecule has 0 spiro atoms. The van der Waals surface area contributed by atoms with Crippen LogP contribution in [0, 0.1) is 0 Å². The van der Waals surface area contributed by atoms with E-state index in [1.807, 2.05) is 0 Å². The third-order valence-electron chi connectivity index (χ3n) is 3.38. The molecule has 0 aromatic heterocycles. The zero-order valence-corrected chi connectivity index (χ0v) is 13.6. The van der Waals surface area contributed by atoms with Crippen molar-refractivity contribution in [3.05, 3.63) is 11.5 Å². The third-order valence-corrected chi connectivity index (χ3v) is 7.87. The Morgan fingerprint density at radius 1 is 0.941 bits per heavy atom. The van der Waals surface area contributed by atoms with Gasteiger partial charge in [-0.3, -0.25) is 0 Å². The summed E-state index contributed by atoms with van der Waals surface area (Å²) in [6.07, 6.45) is 2.26. The fourth-order valence-electron chi connectivity index (χ4n) is 1.75. The molecule has 0 heterocycles. The van der Waals surface area contributed by atoms with Crippen LogP contribution in [0.2, 0.25) is 18.1 Å². The van der Waals surface area contributed by atoms with Crippen LogP contribution in [0.4, 0.5) is 0 Å². The van der Waals surface area contributed by atoms with Crippen LogP contribution in [0.15, 0.2) is 11.5 Å². The van der Waals surface area contributed by atoms with E-state index >= 15 is 0 Å². The lowest BCUT2D eigenvalue weighted by Crippen LogP contribution is -2.36. The van der Waals surface area contributed by atoms with Gasteiger partial charge in [0.1, 0.15) is 0 Å². The largest absolute Gasteiger partial charge is 0.519 e. The lowest BCUT2D eigenvalue weighted by Gasteiger charge is -2.30. The molecule has 0 aliphatic carbocycles. The quantitative estimate of drug-likeness (QED) is 0.326. The van der Waals surface area contributed by atoms with Crippen molar-refractivity contribution in [3.63, 3.8) is 0 Å². The highest BCUT2D eigenvalue weighted by molar-refractivity contribution is 6.73. The first-order valence-electron chi connectivity index (χ1n) is 7.04. The third kappa shape index (κ3) is 5.62. The van der Waals surface area contributed by atoms with E-state index in [1.54, 1.807) is 0 Å². The maximum Gasteiger partial charge on any atom is 0.263 e. The summed E-state index contributed by atoms with van der Waals surface area (Å²) in [5.41, 5.74) is 1.16. The van der Waals surface area contributed by atoms with E-state index in [9.17, 15) is 0 Å². The maximum absolute atomic E-state index is 6.29. The molecular weight excluding hydrogens is 228 g/mol. The van der Waals surface area contributed by atoms with Gasteiger partial charge in [-0.15, -0.1) is 0 Å². The number of hydrogen-bond donors (Lipinski definition) is 0. The summed E-state index contributed by atoms with van der Waals surface area (Å²) in [6.45, 7) is 13.8. The van der Waals surface area contributed by atoms with E-state index in [1.165, 1.54) is 0 Å². The van der Waals surface area contributed by atoms with Gasteiger partial charge in [-0.05, 0) is 38.4 Å². The number of rotatable bonds is 9. The molecule has 3 heteroatoms. The van der Waals surface area contributed by atoms with Crippen molar-refractivity contribution in [1.82, 2.24) is 0 Å². The van der Waals surface area contributed by atoms with Gasteiger partial charge in [0.15, 0.2) is 0 Å². The van der Waals surface area contributed by atoms with E-state index in [-0.39, 0.29) is 0 Å². The molecule has 0 saturated carbocycles. The summed E-state index contributed by atoms with van der Waals surface area (Å²) in [6, 6.07) is 3.48. The summed E-state index contributed by atoms with van der Waals surface area (Å²) in [4.78, 5) is 0. The normalized spacial score (nSPS) is 11.2. The molecule has 0 fully saturated rings. The molecule has 0 aliphatic heterocycles. The van der Waals surface area contributed by atoms with Crippen molar-refractivity contribution in [1.29, 1.82) is 0 Å². The lowest BCUT2D eigenvalue weighted by atomic mass is 10.3. The molecule has 17 heavy (non-hydrogen) atoms. The number of ether oxygens (including phenoxy) is 1. The van der Waals surface area contributed by atoms with Crippen LogP contribution < -0.4 is 0 Å². The van der Waals surface area contributed by atoms with E-state index in [0.717, 1.165) is 49.1 Å². The molecule has 0 atom stereocenters. The van der Waals surface area contributed by atoms with Crippen LogP contribution in [0.5, 0.6) is 0 Å². The molecule has 0 bridgehead atoms. The Hall–Kier alpha value is -0.443. The first kappa shape index (κ1) is 16.6. The Morgan fingerprint density at radius 2 is 1.47 bits per heavy atom. The van der Waals surface area contributed by atoms with Crippen LogP contribution in [-0.2, 0) is 9.16 Å². The van der Waals surface area contributed by atoms with Crippen LogP contribution in [0.25, 0.3) is 0 Å². The average Bonchev–Trinajstić information content (AvgIpc) is 2.34. The fourth-order valence-corrected chi connectivity index (χ4v) is 4.34. The van der Waals surface area contributed by atoms with Gasteiger partial charge in [0.2, 0.25) is 0 Å². The molecule has 0 amide bonds. The highest BCUT2D eigenvalue weighted by Crippen LogP contribution is 2.26. The summed E-state index contributed by atoms with van der Waals surface area (Å²) in [5, 5.41) is 0. The summed E-state index contributed by atoms with van der Waals surface area (Å²) < 4.78 is 12.1. The predicted molar refractivity (Wildman–Crippen MR) is 77.5 cm³/mol. The molecule has 0 aromatic rings. The van der Waals surface area contributed by atoms with Gasteiger partial charge in [-0.2, -0.15) is 0 Å². The SMILES string of the molecule is CCCCOC(O[Si](CC)(CC)CC)=C(C)C. The standard InChI is InChI=1S/C14H30O2Si/c1-7-11-12-15-14(13(5)6)16-17(8-2,9-3)10-4/h7-12H2,1-6H3. The van der Waals surface area contributed by atoms with E-state index in [4.69, 9.17) is 9.16 Å². The Labute approximate surface area is 109 Å². The van der Waals surface area contributed by atoms with Crippen molar-refractivity contribution in [2.75, 3.05) is 6.61 Å². The second-order valence-corrected chi connectivity index (χ2v) is 9.53. The smallest absolute Gasteiger partial charge is 0.263 e. The first-order chi connectivity index (χ1) is 8.05. The van der Waals surface area contributed by atoms with Crippen molar-refractivity contribution < 1.29 is 9.16 Å². The Balaban J connectivity index is 4.58. The molecule has 0 aromatic carbocycles. The highest BCUT2D eigenvalue weighted by Gasteiger charge is 2.32. The Morgan fingerprint density at radius 3 is 1.82 bits per heavy atom. The monoisotopic (exact) mass is 258 g/mol. The van der Waals surface area contributed by atoms with Gasteiger partial charge in [0.25, 0.3) is 14.3 Å². The Kier molecular flexibility index (Phi) is 8.39. The number of allylic oxidation sites excluding steroid dienone is 1. The van der Waals surface area contributed by atoms with Gasteiger partial charge in [-0.1, -0.05) is 34.1 Å². The van der Waals surface area contributed by atoms with Crippen molar-refractivity contribution in [2.24, 2.45) is 0 Å². The van der Waals surface area contributed by atoms with Gasteiger partial charge >= 0.3 is 0 Å². The van der Waals surface area contributed by atoms with E-state index in [0.29, 0.717) is 0 Å². The molecule has 0 N–H and O–H groups in total. The van der Waals surface area contributed by atoms with Crippen LogP contribution in [-0.4, -0.2) is 14.9 Å². The zero-order valence-electron chi connectivity index (χ0n) is 12.6. The number of unbranched alkanes of at least 4 members (excludes halogenated alkanes) is 1. The first-order valence-corrected chi connectivity index (χ1v) is 9.57.